The summed E-state index contributed by atoms with van der Waals surface area (Å²) in [6, 6.07) is 28.9. The van der Waals surface area contributed by atoms with Crippen molar-refractivity contribution in [2.75, 3.05) is 11.9 Å². The second-order valence-corrected chi connectivity index (χ2v) is 9.56. The predicted octanol–water partition coefficient (Wildman–Crippen LogP) is 7.44. The first-order valence-corrected chi connectivity index (χ1v) is 13.2. The number of aromatic nitrogens is 2. The molecule has 0 radical (unpaired) electrons. The number of hydrogen-bond acceptors (Lipinski definition) is 3. The molecule has 0 atom stereocenters. The number of imidazole rings is 1. The lowest BCUT2D eigenvalue weighted by molar-refractivity contribution is -0.137. The molecule has 0 saturated carbocycles. The zero-order chi connectivity index (χ0) is 30.4. The minimum atomic E-state index is -4.46. The third-order valence-corrected chi connectivity index (χ3v) is 6.58. The van der Waals surface area contributed by atoms with E-state index in [0.29, 0.717) is 11.1 Å². The second-order valence-electron chi connectivity index (χ2n) is 9.56. The van der Waals surface area contributed by atoms with E-state index in [1.165, 1.54) is 22.9 Å². The van der Waals surface area contributed by atoms with E-state index in [9.17, 15) is 22.8 Å². The highest BCUT2D eigenvalue weighted by Gasteiger charge is 2.30. The first kappa shape index (κ1) is 31.3. The van der Waals surface area contributed by atoms with Crippen LogP contribution in [0.1, 0.15) is 39.5 Å². The van der Waals surface area contributed by atoms with Gasteiger partial charge in [-0.05, 0) is 52.6 Å². The summed E-state index contributed by atoms with van der Waals surface area (Å²) in [6.45, 7) is 0.0916. The minimum Gasteiger partial charge on any atom is -0.338 e. The lowest BCUT2D eigenvalue weighted by Gasteiger charge is -2.11. The number of alkyl halides is 3. The van der Waals surface area contributed by atoms with Crippen molar-refractivity contribution in [1.82, 2.24) is 14.9 Å². The number of carbonyl (C=O) groups excluding carboxylic acids is 2. The molecular weight excluding hydrogens is 565 g/mol. The number of carbonyl (C=O) groups is 2. The largest absolute Gasteiger partial charge is 0.416 e. The summed E-state index contributed by atoms with van der Waals surface area (Å²) in [7, 11) is 1.62. The van der Waals surface area contributed by atoms with Gasteiger partial charge in [-0.2, -0.15) is 13.2 Å². The second kappa shape index (κ2) is 13.6. The maximum absolute atomic E-state index is 13.1. The van der Waals surface area contributed by atoms with Gasteiger partial charge < -0.3 is 15.2 Å². The highest BCUT2D eigenvalue weighted by Crippen LogP contribution is 2.32. The Balaban J connectivity index is 0.00000442. The highest BCUT2D eigenvalue weighted by molar-refractivity contribution is 6.08. The fourth-order valence-electron chi connectivity index (χ4n) is 4.42. The molecule has 0 aliphatic carbocycles. The summed E-state index contributed by atoms with van der Waals surface area (Å²) in [4.78, 5) is 30.1. The maximum Gasteiger partial charge on any atom is 0.416 e. The van der Waals surface area contributed by atoms with E-state index in [2.05, 4.69) is 27.5 Å². The smallest absolute Gasteiger partial charge is 0.338 e. The summed E-state index contributed by atoms with van der Waals surface area (Å²) in [5, 5.41) is 5.37. The third kappa shape index (κ3) is 7.41. The number of halogens is 3. The number of aryl methyl sites for hydroxylation is 1. The quantitative estimate of drug-likeness (QED) is 0.201. The third-order valence-electron chi connectivity index (χ3n) is 6.58. The van der Waals surface area contributed by atoms with Crippen molar-refractivity contribution in [2.24, 2.45) is 7.05 Å². The van der Waals surface area contributed by atoms with Crippen LogP contribution in [0.5, 0.6) is 0 Å². The first-order chi connectivity index (χ1) is 20.7. The van der Waals surface area contributed by atoms with E-state index in [4.69, 9.17) is 0 Å². The summed E-state index contributed by atoms with van der Waals surface area (Å²) < 4.78 is 40.4. The zero-order valence-electron chi connectivity index (χ0n) is 22.9. The molecule has 5 rings (SSSR count). The van der Waals surface area contributed by atoms with Crippen molar-refractivity contribution in [3.8, 4) is 34.1 Å². The van der Waals surface area contributed by atoms with Gasteiger partial charge in [0.1, 0.15) is 0 Å². The van der Waals surface area contributed by atoms with Gasteiger partial charge in [0, 0.05) is 24.4 Å². The molecule has 0 aliphatic rings. The normalized spacial score (nSPS) is 10.6. The van der Waals surface area contributed by atoms with Crippen molar-refractivity contribution in [3.63, 3.8) is 0 Å². The molecule has 6 nitrogen and oxygen atoms in total. The summed E-state index contributed by atoms with van der Waals surface area (Å²) in [5.74, 6) is 5.16. The van der Waals surface area contributed by atoms with Crippen LogP contribution in [-0.4, -0.2) is 27.9 Å². The summed E-state index contributed by atoms with van der Waals surface area (Å²) >= 11 is 0. The molecule has 5 aromatic rings. The SMILES string of the molecule is C.Cn1cc(NC(=O)c2ccccc2-c2ccc(C(F)(F)F)cc2)nc1C(=O)NCC#Cc1ccc(-c2ccccc2)cc1. The molecule has 0 spiro atoms. The summed E-state index contributed by atoms with van der Waals surface area (Å²) in [5.41, 5.74) is 3.38. The van der Waals surface area contributed by atoms with E-state index < -0.39 is 23.6 Å². The van der Waals surface area contributed by atoms with E-state index >= 15 is 0 Å². The predicted molar refractivity (Wildman–Crippen MR) is 166 cm³/mol. The van der Waals surface area contributed by atoms with Gasteiger partial charge in [-0.25, -0.2) is 4.98 Å². The number of anilines is 1. The van der Waals surface area contributed by atoms with Gasteiger partial charge in [0.05, 0.1) is 12.1 Å². The van der Waals surface area contributed by atoms with Crippen LogP contribution in [-0.2, 0) is 13.2 Å². The molecule has 44 heavy (non-hydrogen) atoms. The number of nitrogens with zero attached hydrogens (tertiary/aromatic N) is 2. The Hall–Kier alpha value is -5.62. The fourth-order valence-corrected chi connectivity index (χ4v) is 4.42. The molecule has 0 saturated heterocycles. The zero-order valence-corrected chi connectivity index (χ0v) is 22.9. The number of nitrogens with one attached hydrogen (secondary N) is 2. The molecule has 1 aromatic heterocycles. The van der Waals surface area contributed by atoms with Crippen molar-refractivity contribution >= 4 is 17.6 Å². The Morgan fingerprint density at radius 3 is 2.09 bits per heavy atom. The Morgan fingerprint density at radius 2 is 1.41 bits per heavy atom. The van der Waals surface area contributed by atoms with Gasteiger partial charge in [-0.3, -0.25) is 9.59 Å². The van der Waals surface area contributed by atoms with Crippen LogP contribution in [0.2, 0.25) is 0 Å². The van der Waals surface area contributed by atoms with Crippen LogP contribution in [0.25, 0.3) is 22.3 Å². The van der Waals surface area contributed by atoms with Crippen LogP contribution in [0.3, 0.4) is 0 Å². The molecule has 0 bridgehead atoms. The van der Waals surface area contributed by atoms with Gasteiger partial charge >= 0.3 is 6.18 Å². The summed E-state index contributed by atoms with van der Waals surface area (Å²) in [6.07, 6.45) is -2.96. The van der Waals surface area contributed by atoms with Gasteiger partial charge in [0.25, 0.3) is 11.8 Å². The van der Waals surface area contributed by atoms with E-state index in [0.717, 1.165) is 28.8 Å². The Bertz CT molecular complexity index is 1820. The van der Waals surface area contributed by atoms with E-state index in [1.807, 2.05) is 54.6 Å². The van der Waals surface area contributed by atoms with E-state index in [1.54, 1.807) is 31.3 Å². The Kier molecular flexibility index (Phi) is 9.66. The van der Waals surface area contributed by atoms with Gasteiger partial charge in [-0.1, -0.05) is 92.1 Å². The topological polar surface area (TPSA) is 76.0 Å². The average Bonchev–Trinajstić information content (AvgIpc) is 3.39. The molecular formula is C35H29F3N4O2. The van der Waals surface area contributed by atoms with E-state index in [-0.39, 0.29) is 31.2 Å². The maximum atomic E-state index is 13.1. The van der Waals surface area contributed by atoms with Crippen LogP contribution in [0, 0.1) is 11.8 Å². The van der Waals surface area contributed by atoms with Crippen LogP contribution in [0.15, 0.2) is 109 Å². The molecule has 0 fully saturated rings. The number of amides is 2. The molecule has 0 aliphatic heterocycles. The number of benzene rings is 4. The Labute approximate surface area is 253 Å². The highest BCUT2D eigenvalue weighted by atomic mass is 19.4. The molecule has 1 heterocycles. The molecule has 9 heteroatoms. The number of hydrogen-bond donors (Lipinski definition) is 2. The molecule has 4 aromatic carbocycles. The number of rotatable bonds is 6. The molecule has 222 valence electrons. The van der Waals surface area contributed by atoms with Gasteiger partial charge in [0.2, 0.25) is 5.82 Å². The fraction of sp³-hybridized carbons (Fsp3) is 0.114. The van der Waals surface area contributed by atoms with Crippen molar-refractivity contribution < 1.29 is 22.8 Å². The van der Waals surface area contributed by atoms with Crippen LogP contribution in [0.4, 0.5) is 19.0 Å². The minimum absolute atomic E-state index is 0. The van der Waals surface area contributed by atoms with Gasteiger partial charge in [0.15, 0.2) is 5.82 Å². The molecule has 2 N–H and O–H groups in total. The van der Waals surface area contributed by atoms with Crippen LogP contribution < -0.4 is 10.6 Å². The standard InChI is InChI=1S/C34H25F3N4O2.CH4/c1-41-22-30(40-32(42)29-12-6-5-11-28(29)26-17-19-27(20-18-26)34(35,36)37)39-31(41)33(43)38-21-7-8-23-13-15-25(16-14-23)24-9-3-2-4-10-24;/h2-6,9-20,22H,21H2,1H3,(H,38,43)(H,40,42);1H4. The van der Waals surface area contributed by atoms with Crippen molar-refractivity contribution in [1.29, 1.82) is 0 Å². The monoisotopic (exact) mass is 594 g/mol. The van der Waals surface area contributed by atoms with Gasteiger partial charge in [-0.15, -0.1) is 0 Å². The molecule has 2 amide bonds. The molecule has 0 unspecified atom stereocenters. The lowest BCUT2D eigenvalue weighted by atomic mass is 9.98. The average molecular weight is 595 g/mol. The van der Waals surface area contributed by atoms with Crippen molar-refractivity contribution in [2.45, 2.75) is 13.6 Å². The first-order valence-electron chi connectivity index (χ1n) is 13.2. The Morgan fingerprint density at radius 1 is 0.795 bits per heavy atom. The van der Waals surface area contributed by atoms with Crippen molar-refractivity contribution in [3.05, 3.63) is 132 Å². The van der Waals surface area contributed by atoms with Crippen LogP contribution >= 0.6 is 0 Å². The lowest BCUT2D eigenvalue weighted by Crippen LogP contribution is -2.26.